The molecule has 0 heterocycles. The predicted octanol–water partition coefficient (Wildman–Crippen LogP) is 6.40. The minimum Gasteiger partial charge on any atom is -0.0654 e. The lowest BCUT2D eigenvalue weighted by molar-refractivity contribution is 0.456. The van der Waals surface area contributed by atoms with E-state index in [0.29, 0.717) is 0 Å². The lowest BCUT2D eigenvalue weighted by Crippen LogP contribution is -2.04. The van der Waals surface area contributed by atoms with Crippen LogP contribution in [-0.4, -0.2) is 0 Å². The van der Waals surface area contributed by atoms with Crippen LogP contribution in [0.5, 0.6) is 0 Å². The van der Waals surface area contributed by atoms with Crippen LogP contribution in [0.3, 0.4) is 0 Å². The van der Waals surface area contributed by atoms with Crippen molar-refractivity contribution < 1.29 is 0 Å². The monoisotopic (exact) mass is 239 g/mol. The van der Waals surface area contributed by atoms with E-state index >= 15 is 0 Å². The van der Waals surface area contributed by atoms with E-state index in [1.54, 1.807) is 0 Å². The molecule has 0 aromatic carbocycles. The molecule has 0 spiro atoms. The molecule has 0 aliphatic carbocycles. The molecule has 2 atom stereocenters. The molecule has 0 aliphatic heterocycles. The zero-order valence-electron chi connectivity index (χ0n) is 12.8. The van der Waals surface area contributed by atoms with Crippen molar-refractivity contribution in [3.8, 4) is 0 Å². The Bertz CT molecular complexity index is 139. The van der Waals surface area contributed by atoms with Crippen molar-refractivity contribution in [2.24, 2.45) is 11.8 Å². The maximum Gasteiger partial charge on any atom is -0.0329 e. The van der Waals surface area contributed by atoms with Gasteiger partial charge in [-0.2, -0.15) is 0 Å². The summed E-state index contributed by atoms with van der Waals surface area (Å²) in [4.78, 5) is 0. The Morgan fingerprint density at radius 3 is 1.71 bits per heavy atom. The van der Waals surface area contributed by atoms with Crippen molar-refractivity contribution >= 4 is 0 Å². The molecule has 0 heteroatoms. The van der Waals surface area contributed by atoms with Crippen molar-refractivity contribution in [1.29, 1.82) is 0 Å². The van der Waals surface area contributed by atoms with Crippen LogP contribution >= 0.6 is 0 Å². The first kappa shape index (κ1) is 17.0. The first-order valence-corrected chi connectivity index (χ1v) is 8.05. The van der Waals surface area contributed by atoms with Crippen LogP contribution in [0.2, 0.25) is 0 Å². The van der Waals surface area contributed by atoms with Gasteiger partial charge in [0.15, 0.2) is 0 Å². The summed E-state index contributed by atoms with van der Waals surface area (Å²) in [6, 6.07) is 0. The third-order valence-electron chi connectivity index (χ3n) is 3.68. The fourth-order valence-corrected chi connectivity index (χ4v) is 2.53. The summed E-state index contributed by atoms with van der Waals surface area (Å²) in [7, 11) is 0. The molecule has 0 saturated heterocycles. The molecule has 17 heavy (non-hydrogen) atoms. The zero-order chi connectivity index (χ0) is 12.9. The summed E-state index contributed by atoms with van der Waals surface area (Å²) in [6.45, 7) is 9.35. The van der Waals surface area contributed by atoms with E-state index in [1.807, 2.05) is 0 Å². The second kappa shape index (κ2) is 12.5. The largest absolute Gasteiger partial charge is 0.0654 e. The SMILES string of the molecule is CCCCCCCCC(C)[CH]C(C)CCCC. The lowest BCUT2D eigenvalue weighted by atomic mass is 9.90. The summed E-state index contributed by atoms with van der Waals surface area (Å²) < 4.78 is 0. The Labute approximate surface area is 111 Å². The molecule has 0 rings (SSSR count). The molecule has 103 valence electrons. The van der Waals surface area contributed by atoms with Gasteiger partial charge in [0.05, 0.1) is 0 Å². The Kier molecular flexibility index (Phi) is 12.5. The van der Waals surface area contributed by atoms with E-state index in [9.17, 15) is 0 Å². The van der Waals surface area contributed by atoms with E-state index in [2.05, 4.69) is 34.1 Å². The molecule has 0 aromatic rings. The zero-order valence-corrected chi connectivity index (χ0v) is 12.8. The molecular formula is C17H35. The Balaban J connectivity index is 3.30. The van der Waals surface area contributed by atoms with Crippen molar-refractivity contribution in [3.63, 3.8) is 0 Å². The lowest BCUT2D eigenvalue weighted by Gasteiger charge is -2.16. The average molecular weight is 239 g/mol. The summed E-state index contributed by atoms with van der Waals surface area (Å²) in [6.07, 6.45) is 16.7. The Hall–Kier alpha value is 0. The first-order chi connectivity index (χ1) is 8.20. The molecule has 0 amide bonds. The van der Waals surface area contributed by atoms with E-state index in [0.717, 1.165) is 11.8 Å². The van der Waals surface area contributed by atoms with Gasteiger partial charge < -0.3 is 0 Å². The molecule has 2 unspecified atom stereocenters. The molecule has 0 nitrogen and oxygen atoms in total. The summed E-state index contributed by atoms with van der Waals surface area (Å²) in [5.74, 6) is 1.65. The van der Waals surface area contributed by atoms with Crippen LogP contribution in [0.15, 0.2) is 0 Å². The highest BCUT2D eigenvalue weighted by atomic mass is 14.1. The molecule has 0 fully saturated rings. The molecule has 1 radical (unpaired) electrons. The van der Waals surface area contributed by atoms with Gasteiger partial charge in [0.2, 0.25) is 0 Å². The highest BCUT2D eigenvalue weighted by Crippen LogP contribution is 2.21. The van der Waals surface area contributed by atoms with Crippen molar-refractivity contribution in [1.82, 2.24) is 0 Å². The van der Waals surface area contributed by atoms with Gasteiger partial charge in [-0.15, -0.1) is 0 Å². The fourth-order valence-electron chi connectivity index (χ4n) is 2.53. The number of rotatable bonds is 12. The quantitative estimate of drug-likeness (QED) is 0.345. The Morgan fingerprint density at radius 2 is 1.12 bits per heavy atom. The third kappa shape index (κ3) is 12.2. The highest BCUT2D eigenvalue weighted by molar-refractivity contribution is 4.78. The van der Waals surface area contributed by atoms with Gasteiger partial charge >= 0.3 is 0 Å². The molecule has 0 bridgehead atoms. The van der Waals surface area contributed by atoms with E-state index in [4.69, 9.17) is 0 Å². The van der Waals surface area contributed by atoms with Crippen molar-refractivity contribution in [3.05, 3.63) is 6.42 Å². The molecular weight excluding hydrogens is 204 g/mol. The molecule has 0 N–H and O–H groups in total. The second-order valence-corrected chi connectivity index (χ2v) is 5.85. The van der Waals surface area contributed by atoms with Gasteiger partial charge in [-0.3, -0.25) is 0 Å². The standard InChI is InChI=1S/C17H35/c1-5-7-9-10-11-12-14-17(4)15-16(3)13-8-6-2/h15-17H,5-14H2,1-4H3. The number of hydrogen-bond acceptors (Lipinski definition) is 0. The van der Waals surface area contributed by atoms with Gasteiger partial charge in [0.1, 0.15) is 0 Å². The topological polar surface area (TPSA) is 0 Å². The van der Waals surface area contributed by atoms with Gasteiger partial charge in [-0.1, -0.05) is 91.9 Å². The fraction of sp³-hybridized carbons (Fsp3) is 0.941. The second-order valence-electron chi connectivity index (χ2n) is 5.85. The molecule has 0 aromatic heterocycles. The number of unbranched alkanes of at least 4 members (excludes halogenated alkanes) is 6. The van der Waals surface area contributed by atoms with Crippen LogP contribution in [0.25, 0.3) is 0 Å². The van der Waals surface area contributed by atoms with Crippen LogP contribution < -0.4 is 0 Å². The maximum absolute atomic E-state index is 2.59. The van der Waals surface area contributed by atoms with E-state index in [-0.39, 0.29) is 0 Å². The average Bonchev–Trinajstić information content (AvgIpc) is 2.31. The van der Waals surface area contributed by atoms with Gasteiger partial charge in [0, 0.05) is 0 Å². The van der Waals surface area contributed by atoms with Gasteiger partial charge in [-0.25, -0.2) is 0 Å². The predicted molar refractivity (Wildman–Crippen MR) is 80.1 cm³/mol. The van der Waals surface area contributed by atoms with E-state index in [1.165, 1.54) is 64.2 Å². The van der Waals surface area contributed by atoms with Gasteiger partial charge in [0.25, 0.3) is 0 Å². The first-order valence-electron chi connectivity index (χ1n) is 8.05. The van der Waals surface area contributed by atoms with E-state index < -0.39 is 0 Å². The van der Waals surface area contributed by atoms with Crippen LogP contribution in [0, 0.1) is 18.3 Å². The summed E-state index contributed by atoms with van der Waals surface area (Å²) in [5.41, 5.74) is 0. The van der Waals surface area contributed by atoms with Crippen molar-refractivity contribution in [2.45, 2.75) is 91.9 Å². The molecule has 0 saturated carbocycles. The maximum atomic E-state index is 2.59. The highest BCUT2D eigenvalue weighted by Gasteiger charge is 2.08. The minimum atomic E-state index is 0.824. The Morgan fingerprint density at radius 1 is 0.647 bits per heavy atom. The minimum absolute atomic E-state index is 0.824. The summed E-state index contributed by atoms with van der Waals surface area (Å²) in [5, 5.41) is 0. The third-order valence-corrected chi connectivity index (χ3v) is 3.68. The van der Waals surface area contributed by atoms with Crippen molar-refractivity contribution in [2.75, 3.05) is 0 Å². The van der Waals surface area contributed by atoms with Gasteiger partial charge in [-0.05, 0) is 18.3 Å². The van der Waals surface area contributed by atoms with Crippen LogP contribution in [0.1, 0.15) is 91.9 Å². The smallest absolute Gasteiger partial charge is 0.0329 e. The molecule has 0 aliphatic rings. The normalized spacial score (nSPS) is 14.8. The number of hydrogen-bond donors (Lipinski definition) is 0. The van der Waals surface area contributed by atoms with Crippen LogP contribution in [-0.2, 0) is 0 Å². The van der Waals surface area contributed by atoms with Crippen LogP contribution in [0.4, 0.5) is 0 Å². The summed E-state index contributed by atoms with van der Waals surface area (Å²) >= 11 is 0.